The Balaban J connectivity index is 3.11. The maximum absolute atomic E-state index is 11.4. The molecule has 0 aromatic heterocycles. The lowest BCUT2D eigenvalue weighted by Gasteiger charge is -2.19. The number of rotatable bonds is 5. The molecule has 0 bridgehead atoms. The molecule has 0 spiro atoms. The Morgan fingerprint density at radius 3 is 2.56 bits per heavy atom. The third kappa shape index (κ3) is 3.22. The van der Waals surface area contributed by atoms with Crippen molar-refractivity contribution in [1.82, 2.24) is 0 Å². The van der Waals surface area contributed by atoms with Gasteiger partial charge >= 0.3 is 5.97 Å². The molecule has 5 nitrogen and oxygen atoms in total. The topological polar surface area (TPSA) is 76.0 Å². The van der Waals surface area contributed by atoms with E-state index >= 15 is 0 Å². The first-order valence-electron chi connectivity index (χ1n) is 5.23. The van der Waals surface area contributed by atoms with Gasteiger partial charge in [0, 0.05) is 10.9 Å². The van der Waals surface area contributed by atoms with Gasteiger partial charge in [0.05, 0.1) is 25.9 Å². The highest BCUT2D eigenvalue weighted by atomic mass is 79.9. The summed E-state index contributed by atoms with van der Waals surface area (Å²) in [5.41, 5.74) is 0.732. The van der Waals surface area contributed by atoms with Crippen LogP contribution in [0.2, 0.25) is 0 Å². The number of hydrogen-bond donors (Lipinski definition) is 2. The highest BCUT2D eigenvalue weighted by Gasteiger charge is 2.22. The zero-order valence-electron chi connectivity index (χ0n) is 10.1. The van der Waals surface area contributed by atoms with E-state index < -0.39 is 18.2 Å². The molecule has 1 rings (SSSR count). The molecule has 100 valence electrons. The van der Waals surface area contributed by atoms with E-state index in [9.17, 15) is 15.0 Å². The van der Waals surface area contributed by atoms with Gasteiger partial charge in [-0.15, -0.1) is 0 Å². The van der Waals surface area contributed by atoms with Crippen molar-refractivity contribution >= 4 is 21.9 Å². The van der Waals surface area contributed by atoms with Crippen LogP contribution >= 0.6 is 15.9 Å². The number of alkyl halides is 1. The van der Waals surface area contributed by atoms with Gasteiger partial charge in [0.15, 0.2) is 0 Å². The van der Waals surface area contributed by atoms with Crippen molar-refractivity contribution in [3.8, 4) is 5.75 Å². The van der Waals surface area contributed by atoms with Gasteiger partial charge in [-0.1, -0.05) is 22.0 Å². The van der Waals surface area contributed by atoms with Crippen LogP contribution in [0, 0.1) is 0 Å². The molecule has 0 fully saturated rings. The number of benzene rings is 1. The van der Waals surface area contributed by atoms with Crippen molar-refractivity contribution < 1.29 is 24.5 Å². The Bertz CT molecular complexity index is 421. The zero-order chi connectivity index (χ0) is 13.7. The van der Waals surface area contributed by atoms with Crippen LogP contribution in [0.5, 0.6) is 5.75 Å². The van der Waals surface area contributed by atoms with E-state index in [1.165, 1.54) is 32.4 Å². The molecule has 2 N–H and O–H groups in total. The van der Waals surface area contributed by atoms with E-state index in [0.717, 1.165) is 0 Å². The maximum Gasteiger partial charge on any atom is 0.337 e. The van der Waals surface area contributed by atoms with Gasteiger partial charge in [-0.25, -0.2) is 4.79 Å². The molecule has 0 aliphatic carbocycles. The van der Waals surface area contributed by atoms with Crippen molar-refractivity contribution in [1.29, 1.82) is 0 Å². The molecule has 0 saturated heterocycles. The monoisotopic (exact) mass is 318 g/mol. The highest BCUT2D eigenvalue weighted by molar-refractivity contribution is 9.09. The van der Waals surface area contributed by atoms with Crippen LogP contribution in [-0.2, 0) is 4.74 Å². The van der Waals surface area contributed by atoms with Gasteiger partial charge in [-0.3, -0.25) is 0 Å². The molecule has 1 aromatic rings. The number of hydrogen-bond acceptors (Lipinski definition) is 5. The number of carbonyl (C=O) groups excluding carboxylic acids is 1. The summed E-state index contributed by atoms with van der Waals surface area (Å²) >= 11 is 3.08. The van der Waals surface area contributed by atoms with Gasteiger partial charge in [-0.2, -0.15) is 0 Å². The lowest BCUT2D eigenvalue weighted by molar-refractivity contribution is 0.0327. The maximum atomic E-state index is 11.4. The Kier molecular flexibility index (Phi) is 5.58. The first-order valence-corrected chi connectivity index (χ1v) is 6.35. The fourth-order valence-electron chi connectivity index (χ4n) is 1.49. The molecule has 0 amide bonds. The van der Waals surface area contributed by atoms with Crippen molar-refractivity contribution in [3.63, 3.8) is 0 Å². The number of halogens is 1. The lowest BCUT2D eigenvalue weighted by Crippen LogP contribution is -2.20. The van der Waals surface area contributed by atoms with E-state index in [2.05, 4.69) is 20.7 Å². The first kappa shape index (κ1) is 14.9. The molecule has 6 heteroatoms. The molecule has 18 heavy (non-hydrogen) atoms. The van der Waals surface area contributed by atoms with Crippen LogP contribution in [0.1, 0.15) is 22.0 Å². The average Bonchev–Trinajstić information content (AvgIpc) is 2.43. The largest absolute Gasteiger partial charge is 0.496 e. The normalized spacial score (nSPS) is 13.8. The summed E-state index contributed by atoms with van der Waals surface area (Å²) in [7, 11) is 2.71. The zero-order valence-corrected chi connectivity index (χ0v) is 11.7. The second-order valence-electron chi connectivity index (χ2n) is 3.61. The van der Waals surface area contributed by atoms with Gasteiger partial charge in [0.2, 0.25) is 0 Å². The minimum absolute atomic E-state index is 0.232. The molecular formula is C12H15BrO5. The summed E-state index contributed by atoms with van der Waals surface area (Å²) in [5.74, 6) is -0.166. The second-order valence-corrected chi connectivity index (χ2v) is 4.26. The minimum Gasteiger partial charge on any atom is -0.496 e. The molecule has 0 aliphatic rings. The van der Waals surface area contributed by atoms with E-state index in [-0.39, 0.29) is 5.33 Å². The van der Waals surface area contributed by atoms with E-state index in [1.807, 2.05) is 0 Å². The van der Waals surface area contributed by atoms with Crippen molar-refractivity contribution in [2.24, 2.45) is 0 Å². The Morgan fingerprint density at radius 2 is 2.06 bits per heavy atom. The van der Waals surface area contributed by atoms with Crippen LogP contribution in [0.3, 0.4) is 0 Å². The summed E-state index contributed by atoms with van der Waals surface area (Å²) in [6.45, 7) is 0. The third-order valence-electron chi connectivity index (χ3n) is 2.50. The second kappa shape index (κ2) is 6.72. The number of esters is 1. The van der Waals surface area contributed by atoms with E-state index in [1.54, 1.807) is 0 Å². The van der Waals surface area contributed by atoms with Crippen LogP contribution in [0.15, 0.2) is 18.2 Å². The molecule has 2 unspecified atom stereocenters. The molecule has 2 atom stereocenters. The fourth-order valence-corrected chi connectivity index (χ4v) is 1.85. The van der Waals surface area contributed by atoms with Crippen LogP contribution in [0.25, 0.3) is 0 Å². The van der Waals surface area contributed by atoms with Gasteiger partial charge in [0.1, 0.15) is 11.9 Å². The standard InChI is InChI=1S/C12H15BrO5/c1-17-10-5-7(12(16)18-2)3-4-8(10)11(15)9(14)6-13/h3-5,9,11,14-15H,6H2,1-2H3. The fraction of sp³-hybridized carbons (Fsp3) is 0.417. The van der Waals surface area contributed by atoms with Gasteiger partial charge < -0.3 is 19.7 Å². The molecule has 0 radical (unpaired) electrons. The minimum atomic E-state index is -1.09. The van der Waals surface area contributed by atoms with Crippen molar-refractivity contribution in [3.05, 3.63) is 29.3 Å². The molecular weight excluding hydrogens is 304 g/mol. The van der Waals surface area contributed by atoms with Gasteiger partial charge in [-0.05, 0) is 12.1 Å². The van der Waals surface area contributed by atoms with E-state index in [0.29, 0.717) is 16.9 Å². The van der Waals surface area contributed by atoms with Crippen LogP contribution in [0.4, 0.5) is 0 Å². The number of carbonyl (C=O) groups is 1. The lowest BCUT2D eigenvalue weighted by atomic mass is 10.0. The first-order chi connectivity index (χ1) is 8.54. The molecule has 1 aromatic carbocycles. The van der Waals surface area contributed by atoms with Crippen LogP contribution in [-0.4, -0.2) is 41.8 Å². The molecule has 0 heterocycles. The summed E-state index contributed by atoms with van der Waals surface area (Å²) in [5, 5.41) is 19.7. The number of methoxy groups -OCH3 is 2. The SMILES string of the molecule is COC(=O)c1ccc(C(O)C(O)CBr)c(OC)c1. The Morgan fingerprint density at radius 1 is 1.39 bits per heavy atom. The highest BCUT2D eigenvalue weighted by Crippen LogP contribution is 2.29. The van der Waals surface area contributed by atoms with Crippen LogP contribution < -0.4 is 4.74 Å². The quantitative estimate of drug-likeness (QED) is 0.631. The predicted molar refractivity (Wildman–Crippen MR) is 69.1 cm³/mol. The Hall–Kier alpha value is -1.11. The van der Waals surface area contributed by atoms with Gasteiger partial charge in [0.25, 0.3) is 0 Å². The number of aliphatic hydroxyl groups is 2. The number of ether oxygens (including phenoxy) is 2. The summed E-state index contributed by atoms with van der Waals surface area (Å²) in [6.07, 6.45) is -2.05. The third-order valence-corrected chi connectivity index (χ3v) is 3.16. The van der Waals surface area contributed by atoms with E-state index in [4.69, 9.17) is 4.74 Å². The van der Waals surface area contributed by atoms with Crippen molar-refractivity contribution in [2.45, 2.75) is 12.2 Å². The average molecular weight is 319 g/mol. The predicted octanol–water partition coefficient (Wildman–Crippen LogP) is 1.27. The number of aliphatic hydroxyl groups excluding tert-OH is 2. The smallest absolute Gasteiger partial charge is 0.337 e. The Labute approximate surface area is 113 Å². The summed E-state index contributed by atoms with van der Waals surface area (Å²) in [6, 6.07) is 4.50. The molecule has 0 aliphatic heterocycles. The summed E-state index contributed by atoms with van der Waals surface area (Å²) < 4.78 is 9.69. The molecule has 0 saturated carbocycles. The summed E-state index contributed by atoms with van der Waals surface area (Å²) in [4.78, 5) is 11.4. The van der Waals surface area contributed by atoms with Crippen molar-refractivity contribution in [2.75, 3.05) is 19.5 Å².